The molecule has 1 aromatic carbocycles. The molecule has 21 heavy (non-hydrogen) atoms. The van der Waals surface area contributed by atoms with E-state index in [0.29, 0.717) is 6.07 Å². The van der Waals surface area contributed by atoms with Crippen LogP contribution in [0.1, 0.15) is 6.42 Å². The number of aliphatic hydroxyl groups excluding tert-OH is 1. The van der Waals surface area contributed by atoms with Gasteiger partial charge < -0.3 is 15.3 Å². The molecule has 1 aromatic rings. The maximum absolute atomic E-state index is 11.9. The molecular weight excluding hydrogens is 308 g/mol. The fraction of sp³-hybridized carbons (Fsp3) is 0.300. The number of nitro benzene ring substituents is 1. The molecule has 1 rings (SSSR count). The number of aliphatic hydroxyl groups is 1. The highest BCUT2D eigenvalue weighted by molar-refractivity contribution is 7.89. The number of aromatic hydroxyl groups is 1. The van der Waals surface area contributed by atoms with Gasteiger partial charge in [0, 0.05) is 12.7 Å². The largest absolute Gasteiger partial charge is 0.502 e. The minimum Gasteiger partial charge on any atom is -0.502 e. The molecule has 0 saturated heterocycles. The van der Waals surface area contributed by atoms with Crippen molar-refractivity contribution in [1.82, 2.24) is 4.72 Å². The lowest BCUT2D eigenvalue weighted by Crippen LogP contribution is -2.41. The zero-order valence-corrected chi connectivity index (χ0v) is 11.3. The molecular formula is C10H12N2O8S. The van der Waals surface area contributed by atoms with Crippen molar-refractivity contribution in [2.45, 2.75) is 17.4 Å². The number of aliphatic carboxylic acids is 1. The topological polar surface area (TPSA) is 167 Å². The number of sulfonamides is 1. The van der Waals surface area contributed by atoms with E-state index in [1.165, 1.54) is 0 Å². The predicted octanol–water partition coefficient (Wildman–Crippen LogP) is -0.586. The molecule has 11 heteroatoms. The van der Waals surface area contributed by atoms with Crippen molar-refractivity contribution in [2.24, 2.45) is 0 Å². The Hall–Kier alpha value is -2.24. The Bertz CT molecular complexity index is 657. The molecule has 1 unspecified atom stereocenters. The maximum Gasteiger partial charge on any atom is 0.321 e. The number of hydrogen-bond donors (Lipinski definition) is 4. The third-order valence-corrected chi connectivity index (χ3v) is 3.94. The van der Waals surface area contributed by atoms with Crippen molar-refractivity contribution >= 4 is 21.7 Å². The molecule has 0 saturated carbocycles. The number of rotatable bonds is 7. The summed E-state index contributed by atoms with van der Waals surface area (Å²) in [4.78, 5) is 19.9. The fourth-order valence-corrected chi connectivity index (χ4v) is 2.68. The Morgan fingerprint density at radius 1 is 1.43 bits per heavy atom. The summed E-state index contributed by atoms with van der Waals surface area (Å²) in [6.07, 6.45) is -0.366. The number of carboxylic acids is 1. The van der Waals surface area contributed by atoms with E-state index in [4.69, 9.17) is 10.2 Å². The standard InChI is InChI=1S/C10H12N2O8S/c13-4-3-7(10(15)16)11-21(19,20)6-1-2-9(14)8(5-6)12(17)18/h1-2,5,7,11,13-14H,3-4H2,(H,15,16). The van der Waals surface area contributed by atoms with Crippen LogP contribution in [0.25, 0.3) is 0 Å². The molecule has 0 aliphatic rings. The minimum atomic E-state index is -4.36. The average molecular weight is 320 g/mol. The Morgan fingerprint density at radius 3 is 2.52 bits per heavy atom. The number of benzene rings is 1. The molecule has 0 aromatic heterocycles. The second-order valence-electron chi connectivity index (χ2n) is 3.93. The quantitative estimate of drug-likeness (QED) is 0.382. The molecule has 116 valence electrons. The summed E-state index contributed by atoms with van der Waals surface area (Å²) in [5, 5.41) is 37.4. The highest BCUT2D eigenvalue weighted by Gasteiger charge is 2.27. The Labute approximate surface area is 118 Å². The van der Waals surface area contributed by atoms with Gasteiger partial charge in [-0.2, -0.15) is 4.72 Å². The van der Waals surface area contributed by atoms with Crippen LogP contribution in [-0.2, 0) is 14.8 Å². The first-order chi connectivity index (χ1) is 9.69. The third kappa shape index (κ3) is 4.11. The minimum absolute atomic E-state index is 0.366. The lowest BCUT2D eigenvalue weighted by atomic mass is 10.2. The van der Waals surface area contributed by atoms with Crippen LogP contribution in [0.15, 0.2) is 23.1 Å². The smallest absolute Gasteiger partial charge is 0.321 e. The van der Waals surface area contributed by atoms with Gasteiger partial charge in [-0.25, -0.2) is 8.42 Å². The first-order valence-electron chi connectivity index (χ1n) is 5.52. The van der Waals surface area contributed by atoms with E-state index in [1.54, 1.807) is 4.72 Å². The molecule has 0 radical (unpaired) electrons. The van der Waals surface area contributed by atoms with E-state index in [1.807, 2.05) is 0 Å². The number of phenolic OH excluding ortho intramolecular Hbond substituents is 1. The van der Waals surface area contributed by atoms with E-state index >= 15 is 0 Å². The summed E-state index contributed by atoms with van der Waals surface area (Å²) < 4.78 is 25.7. The summed E-state index contributed by atoms with van der Waals surface area (Å²) >= 11 is 0. The molecule has 0 bridgehead atoms. The van der Waals surface area contributed by atoms with Crippen molar-refractivity contribution < 1.29 is 33.5 Å². The van der Waals surface area contributed by atoms with Crippen molar-refractivity contribution in [3.8, 4) is 5.75 Å². The molecule has 0 spiro atoms. The lowest BCUT2D eigenvalue weighted by molar-refractivity contribution is -0.386. The highest BCUT2D eigenvalue weighted by atomic mass is 32.2. The van der Waals surface area contributed by atoms with Gasteiger partial charge in [-0.3, -0.25) is 14.9 Å². The average Bonchev–Trinajstić information content (AvgIpc) is 2.37. The molecule has 1 atom stereocenters. The number of hydrogen-bond acceptors (Lipinski definition) is 7. The summed E-state index contributed by atoms with van der Waals surface area (Å²) in [6.45, 7) is -0.560. The van der Waals surface area contributed by atoms with Crippen molar-refractivity contribution in [3.05, 3.63) is 28.3 Å². The van der Waals surface area contributed by atoms with E-state index in [-0.39, 0.29) is 6.42 Å². The number of carboxylic acid groups (broad SMARTS) is 1. The second-order valence-corrected chi connectivity index (χ2v) is 5.65. The molecule has 10 nitrogen and oxygen atoms in total. The molecule has 4 N–H and O–H groups in total. The lowest BCUT2D eigenvalue weighted by Gasteiger charge is -2.13. The van der Waals surface area contributed by atoms with Crippen LogP contribution in [0, 0.1) is 10.1 Å². The number of phenols is 1. The number of nitro groups is 1. The number of nitrogens with zero attached hydrogens (tertiary/aromatic N) is 1. The van der Waals surface area contributed by atoms with Gasteiger partial charge in [0.05, 0.1) is 9.82 Å². The van der Waals surface area contributed by atoms with Gasteiger partial charge in [-0.1, -0.05) is 0 Å². The van der Waals surface area contributed by atoms with E-state index < -0.39 is 49.9 Å². The summed E-state index contributed by atoms with van der Waals surface area (Å²) in [5.74, 6) is -2.22. The van der Waals surface area contributed by atoms with Gasteiger partial charge in [-0.15, -0.1) is 0 Å². The van der Waals surface area contributed by atoms with Gasteiger partial charge in [-0.05, 0) is 18.6 Å². The zero-order chi connectivity index (χ0) is 16.2. The summed E-state index contributed by atoms with van der Waals surface area (Å²) in [7, 11) is -4.36. The van der Waals surface area contributed by atoms with Crippen molar-refractivity contribution in [2.75, 3.05) is 6.61 Å². The van der Waals surface area contributed by atoms with E-state index in [9.17, 15) is 28.4 Å². The van der Waals surface area contributed by atoms with E-state index in [0.717, 1.165) is 12.1 Å². The van der Waals surface area contributed by atoms with Gasteiger partial charge in [0.15, 0.2) is 5.75 Å². The Balaban J connectivity index is 3.16. The monoisotopic (exact) mass is 320 g/mol. The van der Waals surface area contributed by atoms with Gasteiger partial charge in [0.25, 0.3) is 0 Å². The summed E-state index contributed by atoms with van der Waals surface area (Å²) in [5.41, 5.74) is -0.827. The van der Waals surface area contributed by atoms with Gasteiger partial charge >= 0.3 is 11.7 Å². The van der Waals surface area contributed by atoms with Crippen LogP contribution >= 0.6 is 0 Å². The molecule has 0 fully saturated rings. The molecule has 0 aliphatic heterocycles. The molecule has 0 amide bonds. The second kappa shape index (κ2) is 6.47. The van der Waals surface area contributed by atoms with Gasteiger partial charge in [0.1, 0.15) is 6.04 Å². The highest BCUT2D eigenvalue weighted by Crippen LogP contribution is 2.28. The van der Waals surface area contributed by atoms with Crippen LogP contribution in [0.2, 0.25) is 0 Å². The van der Waals surface area contributed by atoms with Crippen LogP contribution in [-0.4, -0.2) is 47.3 Å². The summed E-state index contributed by atoms with van der Waals surface area (Å²) in [6, 6.07) is 0.736. The normalized spacial score (nSPS) is 12.8. The first-order valence-corrected chi connectivity index (χ1v) is 7.00. The SMILES string of the molecule is O=C(O)C(CCO)NS(=O)(=O)c1ccc(O)c([N+](=O)[O-])c1. The Morgan fingerprint density at radius 2 is 2.05 bits per heavy atom. The van der Waals surface area contributed by atoms with Crippen LogP contribution in [0.3, 0.4) is 0 Å². The van der Waals surface area contributed by atoms with Crippen LogP contribution < -0.4 is 4.72 Å². The number of nitrogens with one attached hydrogen (secondary N) is 1. The molecule has 0 heterocycles. The van der Waals surface area contributed by atoms with Crippen molar-refractivity contribution in [3.63, 3.8) is 0 Å². The molecule has 0 aliphatic carbocycles. The Kier molecular flexibility index (Phi) is 5.18. The number of carbonyl (C=O) groups is 1. The van der Waals surface area contributed by atoms with Crippen LogP contribution in [0.4, 0.5) is 5.69 Å². The third-order valence-electron chi connectivity index (χ3n) is 2.47. The van der Waals surface area contributed by atoms with E-state index in [2.05, 4.69) is 0 Å². The van der Waals surface area contributed by atoms with Crippen LogP contribution in [0.5, 0.6) is 5.75 Å². The van der Waals surface area contributed by atoms with Crippen molar-refractivity contribution in [1.29, 1.82) is 0 Å². The van der Waals surface area contributed by atoms with Gasteiger partial charge in [0.2, 0.25) is 10.0 Å². The predicted molar refractivity (Wildman–Crippen MR) is 68.2 cm³/mol. The fourth-order valence-electron chi connectivity index (χ4n) is 1.43. The first kappa shape index (κ1) is 16.8. The maximum atomic E-state index is 11.9. The zero-order valence-electron chi connectivity index (χ0n) is 10.5.